The van der Waals surface area contributed by atoms with Gasteiger partial charge in [0, 0.05) is 24.7 Å². The zero-order valence-electron chi connectivity index (χ0n) is 21.0. The molecule has 0 spiro atoms. The first kappa shape index (κ1) is 25.3. The van der Waals surface area contributed by atoms with Crippen molar-refractivity contribution in [1.82, 2.24) is 9.97 Å². The lowest BCUT2D eigenvalue weighted by molar-refractivity contribution is 0.101. The normalized spacial score (nSPS) is 14.2. The Balaban J connectivity index is 1.56. The lowest BCUT2D eigenvalue weighted by Gasteiger charge is -2.31. The van der Waals surface area contributed by atoms with Crippen molar-refractivity contribution in [1.29, 1.82) is 0 Å². The maximum absolute atomic E-state index is 12.6. The zero-order valence-corrected chi connectivity index (χ0v) is 22.5. The topological polar surface area (TPSA) is 78.3 Å². The molecule has 0 bridgehead atoms. The predicted molar refractivity (Wildman–Crippen MR) is 152 cm³/mol. The Hall–Kier alpha value is -3.35. The third kappa shape index (κ3) is 5.09. The van der Waals surface area contributed by atoms with Gasteiger partial charge in [-0.1, -0.05) is 30.1 Å². The second kappa shape index (κ2) is 10.2. The maximum atomic E-state index is 12.6. The summed E-state index contributed by atoms with van der Waals surface area (Å²) in [5.41, 5.74) is 5.26. The molecule has 190 valence electrons. The Labute approximate surface area is 226 Å². The second-order valence-electron chi connectivity index (χ2n) is 9.78. The van der Waals surface area contributed by atoms with Gasteiger partial charge < -0.3 is 15.3 Å². The van der Waals surface area contributed by atoms with Crippen LogP contribution in [0.4, 0.5) is 17.2 Å². The smallest absolute Gasteiger partial charge is 0.163 e. The zero-order chi connectivity index (χ0) is 26.3. The van der Waals surface area contributed by atoms with Crippen molar-refractivity contribution in [2.75, 3.05) is 23.3 Å². The first-order chi connectivity index (χ1) is 17.7. The summed E-state index contributed by atoms with van der Waals surface area (Å²) >= 11 is 12.4. The van der Waals surface area contributed by atoms with Crippen LogP contribution in [-0.4, -0.2) is 33.9 Å². The minimum absolute atomic E-state index is 0.0956. The van der Waals surface area contributed by atoms with Gasteiger partial charge in [-0.05, 0) is 85.7 Å². The molecular weight excluding hydrogens is 507 g/mol. The van der Waals surface area contributed by atoms with E-state index in [1.54, 1.807) is 24.5 Å². The van der Waals surface area contributed by atoms with E-state index >= 15 is 0 Å². The van der Waals surface area contributed by atoms with E-state index in [9.17, 15) is 9.90 Å². The van der Waals surface area contributed by atoms with E-state index in [0.29, 0.717) is 11.3 Å². The van der Waals surface area contributed by atoms with Crippen LogP contribution in [0.5, 0.6) is 5.75 Å². The molecule has 3 heterocycles. The van der Waals surface area contributed by atoms with Gasteiger partial charge in [0.15, 0.2) is 11.5 Å². The number of benzene rings is 2. The van der Waals surface area contributed by atoms with E-state index in [1.807, 2.05) is 31.2 Å². The van der Waals surface area contributed by atoms with Gasteiger partial charge in [0.25, 0.3) is 0 Å². The highest BCUT2D eigenvalue weighted by Gasteiger charge is 2.19. The number of rotatable bonds is 5. The van der Waals surface area contributed by atoms with Crippen LogP contribution in [0.1, 0.15) is 42.6 Å². The first-order valence-electron chi connectivity index (χ1n) is 12.3. The van der Waals surface area contributed by atoms with Crippen molar-refractivity contribution < 1.29 is 9.90 Å². The average Bonchev–Trinajstić information content (AvgIpc) is 2.87. The molecule has 4 aromatic rings. The number of aromatic nitrogens is 2. The molecule has 2 aromatic carbocycles. The highest BCUT2D eigenvalue weighted by molar-refractivity contribution is 6.37. The van der Waals surface area contributed by atoms with E-state index < -0.39 is 0 Å². The van der Waals surface area contributed by atoms with Crippen molar-refractivity contribution in [2.45, 2.75) is 33.6 Å². The molecular formula is C29H28Cl2N4O2. The van der Waals surface area contributed by atoms with Gasteiger partial charge in [-0.15, -0.1) is 0 Å². The molecule has 2 N–H and O–H groups in total. The average molecular weight is 535 g/mol. The summed E-state index contributed by atoms with van der Waals surface area (Å²) in [7, 11) is 0. The van der Waals surface area contributed by atoms with Crippen LogP contribution in [0, 0.1) is 12.8 Å². The molecule has 1 fully saturated rings. The highest BCUT2D eigenvalue weighted by atomic mass is 35.5. The van der Waals surface area contributed by atoms with Gasteiger partial charge in [0.05, 0.1) is 38.7 Å². The van der Waals surface area contributed by atoms with Crippen molar-refractivity contribution in [2.24, 2.45) is 5.92 Å². The number of aryl methyl sites for hydroxylation is 1. The van der Waals surface area contributed by atoms with E-state index in [2.05, 4.69) is 22.1 Å². The van der Waals surface area contributed by atoms with Crippen LogP contribution in [0.3, 0.4) is 0 Å². The molecule has 0 atom stereocenters. The Kier molecular flexibility index (Phi) is 6.97. The van der Waals surface area contributed by atoms with Gasteiger partial charge >= 0.3 is 0 Å². The number of fused-ring (bicyclic) bond motifs is 1. The fraction of sp³-hybridized carbons (Fsp3) is 0.276. The molecule has 37 heavy (non-hydrogen) atoms. The van der Waals surface area contributed by atoms with E-state index in [4.69, 9.17) is 28.2 Å². The molecule has 8 heteroatoms. The van der Waals surface area contributed by atoms with E-state index in [0.717, 1.165) is 58.1 Å². The van der Waals surface area contributed by atoms with Crippen molar-refractivity contribution in [3.05, 3.63) is 70.0 Å². The molecule has 1 aliphatic rings. The van der Waals surface area contributed by atoms with E-state index in [-0.39, 0.29) is 21.6 Å². The number of halogens is 2. The van der Waals surface area contributed by atoms with Crippen molar-refractivity contribution in [3.8, 4) is 16.9 Å². The molecule has 6 nitrogen and oxygen atoms in total. The SMILES string of the molecule is CC(=O)c1cnc2cc(C)c(-c3cc(Cl)c(O)c(Cl)c3)cc2c1Nc1ccc(N2CCC(C)CC2)nc1. The number of hydrogen-bond donors (Lipinski definition) is 2. The number of hydrogen-bond acceptors (Lipinski definition) is 6. The minimum atomic E-state index is -0.150. The van der Waals surface area contributed by atoms with Gasteiger partial charge in [-0.3, -0.25) is 9.78 Å². The number of carbonyl (C=O) groups is 1. The molecule has 2 aromatic heterocycles. The molecule has 5 rings (SSSR count). The molecule has 0 radical (unpaired) electrons. The summed E-state index contributed by atoms with van der Waals surface area (Å²) in [6.45, 7) is 7.82. The monoisotopic (exact) mass is 534 g/mol. The summed E-state index contributed by atoms with van der Waals surface area (Å²) in [4.78, 5) is 24.1. The predicted octanol–water partition coefficient (Wildman–Crippen LogP) is 7.80. The fourth-order valence-corrected chi connectivity index (χ4v) is 5.29. The largest absolute Gasteiger partial charge is 0.505 e. The van der Waals surface area contributed by atoms with Crippen molar-refractivity contribution >= 4 is 57.1 Å². The van der Waals surface area contributed by atoms with Crippen LogP contribution >= 0.6 is 23.2 Å². The van der Waals surface area contributed by atoms with Crippen LogP contribution < -0.4 is 10.2 Å². The Morgan fingerprint density at radius 3 is 2.38 bits per heavy atom. The highest BCUT2D eigenvalue weighted by Crippen LogP contribution is 2.40. The molecule has 0 amide bonds. The summed E-state index contributed by atoms with van der Waals surface area (Å²) < 4.78 is 0. The molecule has 0 unspecified atom stereocenters. The van der Waals surface area contributed by atoms with Crippen molar-refractivity contribution in [3.63, 3.8) is 0 Å². The first-order valence-corrected chi connectivity index (χ1v) is 13.1. The molecule has 0 saturated carbocycles. The summed E-state index contributed by atoms with van der Waals surface area (Å²) in [5, 5.41) is 14.6. The summed E-state index contributed by atoms with van der Waals surface area (Å²) in [6, 6.07) is 11.3. The quantitative estimate of drug-likeness (QED) is 0.254. The summed E-state index contributed by atoms with van der Waals surface area (Å²) in [6.07, 6.45) is 5.76. The second-order valence-corrected chi connectivity index (χ2v) is 10.6. The lowest BCUT2D eigenvalue weighted by Crippen LogP contribution is -2.33. The molecule has 0 aliphatic carbocycles. The number of nitrogens with zero attached hydrogens (tertiary/aromatic N) is 3. The van der Waals surface area contributed by atoms with Gasteiger partial charge in [0.2, 0.25) is 0 Å². The number of piperidine rings is 1. The number of carbonyl (C=O) groups excluding carboxylic acids is 1. The fourth-order valence-electron chi connectivity index (χ4n) is 4.81. The standard InChI is InChI=1S/C29H28Cl2N4O2/c1-16-6-8-35(9-7-16)27-5-4-20(14-33-27)34-28-22-13-21(19-11-24(30)29(37)25(31)12-19)17(2)10-26(22)32-15-23(28)18(3)36/h4-5,10-16,37H,6-9H2,1-3H3,(H,32,34). The van der Waals surface area contributed by atoms with Gasteiger partial charge in [0.1, 0.15) is 5.82 Å². The molecule has 1 aliphatic heterocycles. The van der Waals surface area contributed by atoms with Gasteiger partial charge in [-0.25, -0.2) is 4.98 Å². The molecule has 1 saturated heterocycles. The Morgan fingerprint density at radius 2 is 1.76 bits per heavy atom. The third-order valence-corrected chi connectivity index (χ3v) is 7.62. The van der Waals surface area contributed by atoms with Crippen LogP contribution in [-0.2, 0) is 0 Å². The number of aromatic hydroxyl groups is 1. The lowest BCUT2D eigenvalue weighted by atomic mass is 9.96. The Bertz CT molecular complexity index is 1470. The number of phenolic OH excluding ortho intramolecular Hbond substituents is 1. The third-order valence-electron chi connectivity index (χ3n) is 7.05. The number of ketones is 1. The van der Waals surface area contributed by atoms with Crippen LogP contribution in [0.2, 0.25) is 10.0 Å². The minimum Gasteiger partial charge on any atom is -0.505 e. The summed E-state index contributed by atoms with van der Waals surface area (Å²) in [5.74, 6) is 1.47. The number of pyridine rings is 2. The number of anilines is 3. The number of phenols is 1. The number of nitrogens with one attached hydrogen (secondary N) is 1. The number of Topliss-reactive ketones (excluding diaryl/α,β-unsaturated/α-hetero) is 1. The van der Waals surface area contributed by atoms with E-state index in [1.165, 1.54) is 19.8 Å². The van der Waals surface area contributed by atoms with Crippen LogP contribution in [0.15, 0.2) is 48.8 Å². The van der Waals surface area contributed by atoms with Gasteiger partial charge in [-0.2, -0.15) is 0 Å². The Morgan fingerprint density at radius 1 is 1.05 bits per heavy atom. The maximum Gasteiger partial charge on any atom is 0.163 e. The van der Waals surface area contributed by atoms with Crippen LogP contribution in [0.25, 0.3) is 22.0 Å².